The molecule has 0 bridgehead atoms. The first-order chi connectivity index (χ1) is 22.4. The van der Waals surface area contributed by atoms with Crippen LogP contribution in [0.1, 0.15) is 128 Å². The van der Waals surface area contributed by atoms with Crippen molar-refractivity contribution in [3.05, 3.63) is 90.5 Å². The molecule has 4 aromatic rings. The Labute approximate surface area is 293 Å². The summed E-state index contributed by atoms with van der Waals surface area (Å²) in [5.41, 5.74) is 3.94. The summed E-state index contributed by atoms with van der Waals surface area (Å²) in [5, 5.41) is 30.9. The van der Waals surface area contributed by atoms with Crippen LogP contribution >= 0.6 is 11.8 Å². The maximum atomic E-state index is 12.7. The van der Waals surface area contributed by atoms with E-state index in [0.717, 1.165) is 33.4 Å². The topological polar surface area (TPSA) is 137 Å². The summed E-state index contributed by atoms with van der Waals surface area (Å²) in [6.07, 6.45) is 0.933. The molecule has 2 aromatic carbocycles. The van der Waals surface area contributed by atoms with Gasteiger partial charge >= 0.3 is 11.5 Å². The van der Waals surface area contributed by atoms with Crippen molar-refractivity contribution in [2.45, 2.75) is 131 Å². The molecule has 2 heterocycles. The molecule has 0 radical (unpaired) electrons. The van der Waals surface area contributed by atoms with Crippen LogP contribution in [0.5, 0.6) is 11.5 Å². The van der Waals surface area contributed by atoms with Crippen molar-refractivity contribution in [3.63, 3.8) is 0 Å². The van der Waals surface area contributed by atoms with E-state index in [-0.39, 0.29) is 34.7 Å². The van der Waals surface area contributed by atoms with Gasteiger partial charge in [0.05, 0.1) is 13.1 Å². The summed E-state index contributed by atoms with van der Waals surface area (Å²) in [6.45, 7) is 25.1. The largest absolute Gasteiger partial charge is 0.507 e. The summed E-state index contributed by atoms with van der Waals surface area (Å²) in [6, 6.07) is 7.77. The molecule has 0 spiro atoms. The Morgan fingerprint density at radius 3 is 1.12 bits per heavy atom. The number of benzene rings is 2. The van der Waals surface area contributed by atoms with Gasteiger partial charge in [0.1, 0.15) is 11.5 Å². The number of aryl methyl sites for hydroxylation is 2. The molecule has 0 saturated carbocycles. The molecule has 0 amide bonds. The quantitative estimate of drug-likeness (QED) is 0.165. The first kappa shape index (κ1) is 38.1. The number of thioether (sulfide) groups is 1. The average Bonchev–Trinajstić information content (AvgIpc) is 3.47. The molecule has 2 N–H and O–H groups in total. The van der Waals surface area contributed by atoms with Crippen LogP contribution < -0.4 is 11.5 Å². The van der Waals surface area contributed by atoms with Gasteiger partial charge in [-0.05, 0) is 79.3 Å². The molecule has 0 aliphatic carbocycles. The van der Waals surface area contributed by atoms with Gasteiger partial charge in [0.15, 0.2) is 0 Å². The van der Waals surface area contributed by atoms with Gasteiger partial charge in [0, 0.05) is 24.3 Å². The number of rotatable bonds is 10. The van der Waals surface area contributed by atoms with Gasteiger partial charge in [-0.25, -0.2) is 9.59 Å². The van der Waals surface area contributed by atoms with Crippen molar-refractivity contribution in [1.82, 2.24) is 19.6 Å². The second kappa shape index (κ2) is 13.9. The molecule has 0 aliphatic rings. The van der Waals surface area contributed by atoms with E-state index < -0.39 is 11.5 Å². The van der Waals surface area contributed by atoms with E-state index in [1.165, 1.54) is 9.36 Å². The lowest BCUT2D eigenvalue weighted by Crippen LogP contribution is -2.20. The lowest BCUT2D eigenvalue weighted by molar-refractivity contribution is 0.421. The fourth-order valence-corrected chi connectivity index (χ4v) is 6.57. The molecule has 49 heavy (non-hydrogen) atoms. The second-order valence-corrected chi connectivity index (χ2v) is 18.3. The van der Waals surface area contributed by atoms with E-state index in [2.05, 4.69) is 93.3 Å². The SMILES string of the molecule is CC(C)(C)c1cc(Cn2nc(CCSCCc3nn(Cc4cc(C(C)(C)C)c(O)c(C(C)(C)C)c4)c(=O)o3)oc2=O)cc(C(C)(C)C)c1O. The molecule has 10 nitrogen and oxygen atoms in total. The predicted molar refractivity (Wildman–Crippen MR) is 195 cm³/mol. The standard InChI is InChI=1S/C38H54N4O6S/c1-35(2,3)25-17-23(18-26(31(25)43)36(4,5)6)21-41-33(45)47-29(39-41)13-15-49-16-14-30-40-42(34(46)48-30)22-24-19-27(37(7,8)9)32(44)28(20-24)38(10,11)12/h17-20,43-44H,13-16,21-22H2,1-12H3. The molecule has 0 unspecified atom stereocenters. The Morgan fingerprint density at radius 1 is 0.571 bits per heavy atom. The molecule has 2 aromatic heterocycles. The molecule has 0 atom stereocenters. The van der Waals surface area contributed by atoms with E-state index in [1.54, 1.807) is 11.8 Å². The van der Waals surface area contributed by atoms with Crippen molar-refractivity contribution in [3.8, 4) is 11.5 Å². The number of hydrogen-bond donors (Lipinski definition) is 2. The van der Waals surface area contributed by atoms with Crippen molar-refractivity contribution in [2.75, 3.05) is 11.5 Å². The highest BCUT2D eigenvalue weighted by Gasteiger charge is 2.28. The van der Waals surface area contributed by atoms with Gasteiger partial charge in [0.2, 0.25) is 11.8 Å². The smallest absolute Gasteiger partial charge is 0.437 e. The van der Waals surface area contributed by atoms with E-state index in [0.29, 0.717) is 47.6 Å². The Kier molecular flexibility index (Phi) is 10.8. The Morgan fingerprint density at radius 2 is 0.857 bits per heavy atom. The number of nitrogens with zero attached hydrogens (tertiary/aromatic N) is 4. The lowest BCUT2D eigenvalue weighted by Gasteiger charge is -2.28. The third kappa shape index (κ3) is 9.29. The molecule has 0 fully saturated rings. The lowest BCUT2D eigenvalue weighted by atomic mass is 9.78. The summed E-state index contributed by atoms with van der Waals surface area (Å²) in [4.78, 5) is 25.4. The van der Waals surface area contributed by atoms with Crippen molar-refractivity contribution in [1.29, 1.82) is 0 Å². The summed E-state index contributed by atoms with van der Waals surface area (Å²) < 4.78 is 13.6. The van der Waals surface area contributed by atoms with Crippen molar-refractivity contribution >= 4 is 11.8 Å². The maximum Gasteiger partial charge on any atom is 0.437 e. The molecular weight excluding hydrogens is 641 g/mol. The van der Waals surface area contributed by atoms with Gasteiger partial charge < -0.3 is 19.0 Å². The van der Waals surface area contributed by atoms with Crippen LogP contribution in [0.3, 0.4) is 0 Å². The number of hydrogen-bond acceptors (Lipinski definition) is 9. The highest BCUT2D eigenvalue weighted by Crippen LogP contribution is 2.41. The number of aromatic hydroxyl groups is 2. The van der Waals surface area contributed by atoms with Crippen LogP contribution in [0.2, 0.25) is 0 Å². The van der Waals surface area contributed by atoms with Crippen molar-refractivity contribution in [2.24, 2.45) is 0 Å². The highest BCUT2D eigenvalue weighted by molar-refractivity contribution is 7.99. The summed E-state index contributed by atoms with van der Waals surface area (Å²) in [5.74, 6) is 1.58. The zero-order chi connectivity index (χ0) is 36.7. The van der Waals surface area contributed by atoms with E-state index >= 15 is 0 Å². The van der Waals surface area contributed by atoms with Crippen molar-refractivity contribution < 1.29 is 19.0 Å². The zero-order valence-electron chi connectivity index (χ0n) is 31.3. The third-order valence-corrected chi connectivity index (χ3v) is 9.44. The van der Waals surface area contributed by atoms with E-state index in [9.17, 15) is 19.8 Å². The third-order valence-electron chi connectivity index (χ3n) is 8.45. The normalized spacial score (nSPS) is 13.0. The minimum absolute atomic E-state index is 0.239. The number of aromatic nitrogens is 4. The predicted octanol–water partition coefficient (Wildman–Crippen LogP) is 7.20. The molecular formula is C38H54N4O6S. The van der Waals surface area contributed by atoms with Crippen LogP contribution in [-0.2, 0) is 47.6 Å². The first-order valence-corrected chi connectivity index (χ1v) is 18.1. The number of phenols is 2. The number of phenolic OH excluding ortho intramolecular Hbond substituents is 2. The fourth-order valence-electron chi connectivity index (χ4n) is 5.73. The molecule has 0 saturated heterocycles. The van der Waals surface area contributed by atoms with Gasteiger partial charge in [-0.1, -0.05) is 83.1 Å². The van der Waals surface area contributed by atoms with E-state index in [1.807, 2.05) is 24.3 Å². The Balaban J connectivity index is 1.37. The molecule has 4 rings (SSSR count). The van der Waals surface area contributed by atoms with Crippen LogP contribution in [0.4, 0.5) is 0 Å². The van der Waals surface area contributed by atoms with Gasteiger partial charge in [-0.3, -0.25) is 0 Å². The van der Waals surface area contributed by atoms with Crippen LogP contribution in [0.15, 0.2) is 42.7 Å². The second-order valence-electron chi connectivity index (χ2n) is 17.0. The van der Waals surface area contributed by atoms with E-state index in [4.69, 9.17) is 8.83 Å². The van der Waals surface area contributed by atoms with Gasteiger partial charge in [-0.2, -0.15) is 21.1 Å². The minimum atomic E-state index is -0.520. The van der Waals surface area contributed by atoms with Crippen LogP contribution in [0, 0.1) is 0 Å². The Bertz CT molecular complexity index is 1690. The zero-order valence-corrected chi connectivity index (χ0v) is 32.1. The summed E-state index contributed by atoms with van der Waals surface area (Å²) in [7, 11) is 0. The monoisotopic (exact) mass is 694 g/mol. The maximum absolute atomic E-state index is 12.7. The van der Waals surface area contributed by atoms with Crippen LogP contribution in [-0.4, -0.2) is 41.3 Å². The molecule has 0 aliphatic heterocycles. The van der Waals surface area contributed by atoms with Gasteiger partial charge in [0.25, 0.3) is 0 Å². The average molecular weight is 695 g/mol. The Hall–Kier alpha value is -3.73. The molecule has 268 valence electrons. The fraction of sp³-hybridized carbons (Fsp3) is 0.579. The highest BCUT2D eigenvalue weighted by atomic mass is 32.2. The van der Waals surface area contributed by atoms with Gasteiger partial charge in [-0.15, -0.1) is 10.2 Å². The molecule has 11 heteroatoms. The van der Waals surface area contributed by atoms with Crippen LogP contribution in [0.25, 0.3) is 0 Å². The summed E-state index contributed by atoms with van der Waals surface area (Å²) >= 11 is 1.62. The first-order valence-electron chi connectivity index (χ1n) is 16.9. The minimum Gasteiger partial charge on any atom is -0.507 e.